The molecular formula is C28H32N4O3. The number of carbonyl (C=O) groups excluding carboxylic acids is 2. The maximum atomic E-state index is 13.2. The maximum Gasteiger partial charge on any atom is 0.255 e. The van der Waals surface area contributed by atoms with E-state index in [4.69, 9.17) is 4.74 Å². The first-order valence-corrected chi connectivity index (χ1v) is 12.1. The Morgan fingerprint density at radius 1 is 0.971 bits per heavy atom. The molecule has 2 aromatic carbocycles. The second kappa shape index (κ2) is 11.5. The number of hydrogen-bond donors (Lipinski definition) is 1. The van der Waals surface area contributed by atoms with Crippen LogP contribution in [0.25, 0.3) is 0 Å². The Balaban J connectivity index is 1.38. The molecule has 7 nitrogen and oxygen atoms in total. The molecular weight excluding hydrogens is 440 g/mol. The number of benzene rings is 2. The highest BCUT2D eigenvalue weighted by Gasteiger charge is 2.29. The van der Waals surface area contributed by atoms with E-state index in [-0.39, 0.29) is 17.7 Å². The molecule has 1 saturated heterocycles. The van der Waals surface area contributed by atoms with Gasteiger partial charge in [0.05, 0.1) is 18.6 Å². The van der Waals surface area contributed by atoms with Crippen LogP contribution in [0.2, 0.25) is 0 Å². The zero-order chi connectivity index (χ0) is 24.6. The van der Waals surface area contributed by atoms with Crippen LogP contribution in [0, 0.1) is 0 Å². The van der Waals surface area contributed by atoms with Gasteiger partial charge in [0, 0.05) is 38.9 Å². The molecule has 0 radical (unpaired) electrons. The molecule has 0 aliphatic carbocycles. The van der Waals surface area contributed by atoms with Gasteiger partial charge in [0.2, 0.25) is 5.91 Å². The normalized spacial score (nSPS) is 14.3. The summed E-state index contributed by atoms with van der Waals surface area (Å²) in [5.74, 6) is 1.30. The monoisotopic (exact) mass is 472 g/mol. The molecule has 1 unspecified atom stereocenters. The first-order valence-electron chi connectivity index (χ1n) is 12.1. The predicted octanol–water partition coefficient (Wildman–Crippen LogP) is 3.86. The summed E-state index contributed by atoms with van der Waals surface area (Å²) in [4.78, 5) is 34.8. The lowest BCUT2D eigenvalue weighted by molar-refractivity contribution is -0.133. The van der Waals surface area contributed by atoms with Gasteiger partial charge in [0.25, 0.3) is 5.91 Å². The highest BCUT2D eigenvalue weighted by molar-refractivity contribution is 5.99. The lowest BCUT2D eigenvalue weighted by Gasteiger charge is -2.37. The fourth-order valence-corrected chi connectivity index (χ4v) is 4.44. The number of rotatable bonds is 8. The van der Waals surface area contributed by atoms with Crippen LogP contribution in [-0.2, 0) is 11.3 Å². The number of anilines is 1. The number of carbonyl (C=O) groups is 2. The Morgan fingerprint density at radius 2 is 1.69 bits per heavy atom. The minimum atomic E-state index is -0.169. The first kappa shape index (κ1) is 24.3. The second-order valence-corrected chi connectivity index (χ2v) is 8.59. The van der Waals surface area contributed by atoms with E-state index in [2.05, 4.69) is 22.1 Å². The molecule has 35 heavy (non-hydrogen) atoms. The van der Waals surface area contributed by atoms with Crippen molar-refractivity contribution in [2.75, 3.05) is 38.2 Å². The lowest BCUT2D eigenvalue weighted by Crippen LogP contribution is -2.50. The van der Waals surface area contributed by atoms with Crippen molar-refractivity contribution in [3.05, 3.63) is 89.6 Å². The minimum Gasteiger partial charge on any atom is -0.497 e. The van der Waals surface area contributed by atoms with E-state index >= 15 is 0 Å². The largest absolute Gasteiger partial charge is 0.497 e. The Morgan fingerprint density at radius 3 is 2.34 bits per heavy atom. The van der Waals surface area contributed by atoms with Crippen LogP contribution in [0.1, 0.15) is 40.7 Å². The quantitative estimate of drug-likeness (QED) is 0.539. The van der Waals surface area contributed by atoms with E-state index in [1.807, 2.05) is 59.5 Å². The van der Waals surface area contributed by atoms with E-state index in [0.717, 1.165) is 23.3 Å². The van der Waals surface area contributed by atoms with E-state index in [0.29, 0.717) is 44.1 Å². The third kappa shape index (κ3) is 5.80. The molecule has 182 valence electrons. The van der Waals surface area contributed by atoms with Gasteiger partial charge in [-0.1, -0.05) is 49.4 Å². The topological polar surface area (TPSA) is 74.8 Å². The molecule has 2 amide bonds. The van der Waals surface area contributed by atoms with Crippen LogP contribution in [0.4, 0.5) is 5.82 Å². The van der Waals surface area contributed by atoms with E-state index in [1.54, 1.807) is 25.4 Å². The fourth-order valence-electron chi connectivity index (χ4n) is 4.44. The number of hydrogen-bond acceptors (Lipinski definition) is 5. The standard InChI is InChI=1S/C28H32N4O3/c1-3-24(22-8-5-4-6-9-22)28(34)32-18-16-31(17-19-32)26-25(10-7-15-29-26)27(33)30-20-21-11-13-23(35-2)14-12-21/h4-15,24H,3,16-20H2,1-2H3,(H,30,33). The smallest absolute Gasteiger partial charge is 0.255 e. The first-order chi connectivity index (χ1) is 17.1. The average Bonchev–Trinajstić information content (AvgIpc) is 2.93. The molecule has 0 bridgehead atoms. The second-order valence-electron chi connectivity index (χ2n) is 8.59. The van der Waals surface area contributed by atoms with E-state index in [1.165, 1.54) is 0 Å². The van der Waals surface area contributed by atoms with E-state index < -0.39 is 0 Å². The Hall–Kier alpha value is -3.87. The van der Waals surface area contributed by atoms with Crippen molar-refractivity contribution >= 4 is 17.6 Å². The summed E-state index contributed by atoms with van der Waals surface area (Å²) in [5, 5.41) is 2.99. The fraction of sp³-hybridized carbons (Fsp3) is 0.321. The molecule has 1 atom stereocenters. The van der Waals surface area contributed by atoms with Gasteiger partial charge >= 0.3 is 0 Å². The van der Waals surface area contributed by atoms with Gasteiger partial charge in [-0.25, -0.2) is 4.98 Å². The number of ether oxygens (including phenoxy) is 1. The van der Waals surface area contributed by atoms with Crippen molar-refractivity contribution in [3.63, 3.8) is 0 Å². The Bertz CT molecular complexity index is 1130. The molecule has 0 saturated carbocycles. The molecule has 1 aliphatic heterocycles. The van der Waals surface area contributed by atoms with Gasteiger partial charge in [-0.15, -0.1) is 0 Å². The van der Waals surface area contributed by atoms with Gasteiger partial charge < -0.3 is 19.9 Å². The van der Waals surface area contributed by atoms with Crippen LogP contribution >= 0.6 is 0 Å². The van der Waals surface area contributed by atoms with Crippen molar-refractivity contribution in [2.45, 2.75) is 25.8 Å². The third-order valence-electron chi connectivity index (χ3n) is 6.44. The predicted molar refractivity (Wildman–Crippen MR) is 137 cm³/mol. The molecule has 1 aliphatic rings. The average molecular weight is 473 g/mol. The molecule has 0 spiro atoms. The summed E-state index contributed by atoms with van der Waals surface area (Å²) in [6, 6.07) is 21.1. The van der Waals surface area contributed by atoms with Crippen LogP contribution in [0.5, 0.6) is 5.75 Å². The van der Waals surface area contributed by atoms with Crippen molar-refractivity contribution in [1.82, 2.24) is 15.2 Å². The molecule has 1 fully saturated rings. The number of nitrogens with zero attached hydrogens (tertiary/aromatic N) is 3. The third-order valence-corrected chi connectivity index (χ3v) is 6.44. The number of methoxy groups -OCH3 is 1. The summed E-state index contributed by atoms with van der Waals surface area (Å²) in [7, 11) is 1.63. The van der Waals surface area contributed by atoms with Gasteiger partial charge in [-0.05, 0) is 41.8 Å². The van der Waals surface area contributed by atoms with Gasteiger partial charge in [0.15, 0.2) is 0 Å². The van der Waals surface area contributed by atoms with Crippen molar-refractivity contribution in [1.29, 1.82) is 0 Å². The minimum absolute atomic E-state index is 0.128. The van der Waals surface area contributed by atoms with Crippen LogP contribution in [0.3, 0.4) is 0 Å². The van der Waals surface area contributed by atoms with Crippen molar-refractivity contribution in [3.8, 4) is 5.75 Å². The van der Waals surface area contributed by atoms with Gasteiger partial charge in [0.1, 0.15) is 11.6 Å². The highest BCUT2D eigenvalue weighted by Crippen LogP contribution is 2.24. The van der Waals surface area contributed by atoms with Gasteiger partial charge in [-0.3, -0.25) is 9.59 Å². The highest BCUT2D eigenvalue weighted by atomic mass is 16.5. The summed E-state index contributed by atoms with van der Waals surface area (Å²) >= 11 is 0. The van der Waals surface area contributed by atoms with Gasteiger partial charge in [-0.2, -0.15) is 0 Å². The number of aromatic nitrogens is 1. The van der Waals surface area contributed by atoms with Crippen molar-refractivity contribution in [2.24, 2.45) is 0 Å². The lowest BCUT2D eigenvalue weighted by atomic mass is 9.95. The molecule has 2 heterocycles. The Labute approximate surface area is 206 Å². The molecule has 4 rings (SSSR count). The molecule has 3 aromatic rings. The maximum absolute atomic E-state index is 13.2. The number of pyridine rings is 1. The summed E-state index contributed by atoms with van der Waals surface area (Å²) in [6.45, 7) is 4.94. The number of amides is 2. The molecule has 1 N–H and O–H groups in total. The SMILES string of the molecule is CCC(C(=O)N1CCN(c2ncccc2C(=O)NCc2ccc(OC)cc2)CC1)c1ccccc1. The Kier molecular flexibility index (Phi) is 7.98. The zero-order valence-electron chi connectivity index (χ0n) is 20.3. The number of nitrogens with one attached hydrogen (secondary N) is 1. The summed E-state index contributed by atoms with van der Waals surface area (Å²) in [5.41, 5.74) is 2.58. The van der Waals surface area contributed by atoms with Crippen LogP contribution in [-0.4, -0.2) is 55.0 Å². The number of piperazine rings is 1. The van der Waals surface area contributed by atoms with Crippen LogP contribution in [0.15, 0.2) is 72.9 Å². The summed E-state index contributed by atoms with van der Waals surface area (Å²) < 4.78 is 5.19. The van der Waals surface area contributed by atoms with Crippen LogP contribution < -0.4 is 15.0 Å². The molecule has 1 aromatic heterocycles. The zero-order valence-corrected chi connectivity index (χ0v) is 20.3. The molecule has 7 heteroatoms. The van der Waals surface area contributed by atoms with Crippen molar-refractivity contribution < 1.29 is 14.3 Å². The summed E-state index contributed by atoms with van der Waals surface area (Å²) in [6.07, 6.45) is 2.47. The van der Waals surface area contributed by atoms with E-state index in [9.17, 15) is 9.59 Å².